The van der Waals surface area contributed by atoms with Crippen molar-refractivity contribution in [1.29, 1.82) is 0 Å². The summed E-state index contributed by atoms with van der Waals surface area (Å²) >= 11 is 5.95. The minimum atomic E-state index is 0.575. The Morgan fingerprint density at radius 3 is 3.00 bits per heavy atom. The molecule has 0 atom stereocenters. The van der Waals surface area contributed by atoms with Gasteiger partial charge in [-0.25, -0.2) is 0 Å². The molecule has 64 valence electrons. The van der Waals surface area contributed by atoms with Gasteiger partial charge in [-0.1, -0.05) is 11.6 Å². The van der Waals surface area contributed by atoms with Gasteiger partial charge < -0.3 is 0 Å². The number of fused-ring (bicyclic) bond motifs is 1. The van der Waals surface area contributed by atoms with Gasteiger partial charge in [0, 0.05) is 33.8 Å². The predicted molar refractivity (Wildman–Crippen MR) is 52.1 cm³/mol. The maximum absolute atomic E-state index is 10.5. The first kappa shape index (κ1) is 8.20. The summed E-state index contributed by atoms with van der Waals surface area (Å²) in [6.07, 6.45) is 4.14. The average Bonchev–Trinajstić information content (AvgIpc) is 2.18. The highest BCUT2D eigenvalue weighted by Gasteiger charge is 2.00. The molecule has 0 spiro atoms. The highest BCUT2D eigenvalue weighted by molar-refractivity contribution is 6.35. The second-order valence-electron chi connectivity index (χ2n) is 2.72. The van der Waals surface area contributed by atoms with Crippen LogP contribution in [0.4, 0.5) is 0 Å². The van der Waals surface area contributed by atoms with Gasteiger partial charge >= 0.3 is 0 Å². The molecule has 0 radical (unpaired) electrons. The summed E-state index contributed by atoms with van der Waals surface area (Å²) in [6.45, 7) is 0. The first-order valence-electron chi connectivity index (χ1n) is 3.80. The molecule has 0 aliphatic carbocycles. The Kier molecular flexibility index (Phi) is 1.99. The van der Waals surface area contributed by atoms with Crippen LogP contribution in [0.1, 0.15) is 10.4 Å². The summed E-state index contributed by atoms with van der Waals surface area (Å²) in [5.74, 6) is 0. The second-order valence-corrected chi connectivity index (χ2v) is 3.12. The summed E-state index contributed by atoms with van der Waals surface area (Å²) in [6, 6.07) is 5.24. The standard InChI is InChI=1S/C10H6ClNO/c11-10-4-7(6-13)3-8-5-12-2-1-9(8)10/h1-6H. The largest absolute Gasteiger partial charge is 0.298 e. The molecule has 0 aliphatic heterocycles. The third-order valence-corrected chi connectivity index (χ3v) is 2.17. The normalized spacial score (nSPS) is 10.2. The van der Waals surface area contributed by atoms with Crippen LogP contribution in [-0.2, 0) is 0 Å². The Labute approximate surface area is 80.2 Å². The van der Waals surface area contributed by atoms with E-state index in [1.54, 1.807) is 24.5 Å². The van der Waals surface area contributed by atoms with Crippen LogP contribution >= 0.6 is 11.6 Å². The van der Waals surface area contributed by atoms with Gasteiger partial charge in [-0.15, -0.1) is 0 Å². The Hall–Kier alpha value is -1.41. The number of hydrogen-bond donors (Lipinski definition) is 0. The number of aldehydes is 1. The lowest BCUT2D eigenvalue weighted by molar-refractivity contribution is 0.112. The zero-order valence-electron chi connectivity index (χ0n) is 6.70. The van der Waals surface area contributed by atoms with Gasteiger partial charge in [0.2, 0.25) is 0 Å². The van der Waals surface area contributed by atoms with Gasteiger partial charge in [0.15, 0.2) is 0 Å². The Morgan fingerprint density at radius 2 is 2.23 bits per heavy atom. The minimum absolute atomic E-state index is 0.575. The van der Waals surface area contributed by atoms with E-state index < -0.39 is 0 Å². The molecule has 13 heavy (non-hydrogen) atoms. The zero-order valence-corrected chi connectivity index (χ0v) is 7.45. The van der Waals surface area contributed by atoms with Crippen LogP contribution in [0, 0.1) is 0 Å². The summed E-state index contributed by atoms with van der Waals surface area (Å²) in [4.78, 5) is 14.5. The lowest BCUT2D eigenvalue weighted by Gasteiger charge is -1.99. The number of nitrogens with zero attached hydrogens (tertiary/aromatic N) is 1. The molecule has 0 saturated heterocycles. The molecule has 1 aromatic heterocycles. The molecule has 0 amide bonds. The molecule has 0 N–H and O–H groups in total. The van der Waals surface area contributed by atoms with Crippen molar-refractivity contribution in [2.75, 3.05) is 0 Å². The van der Waals surface area contributed by atoms with E-state index in [2.05, 4.69) is 4.98 Å². The van der Waals surface area contributed by atoms with E-state index in [1.165, 1.54) is 0 Å². The highest BCUT2D eigenvalue weighted by atomic mass is 35.5. The number of rotatable bonds is 1. The van der Waals surface area contributed by atoms with Crippen LogP contribution in [0.15, 0.2) is 30.6 Å². The molecule has 0 aliphatic rings. The van der Waals surface area contributed by atoms with E-state index in [0.29, 0.717) is 10.6 Å². The van der Waals surface area contributed by atoms with Crippen LogP contribution in [0.3, 0.4) is 0 Å². The SMILES string of the molecule is O=Cc1cc(Cl)c2ccncc2c1. The van der Waals surface area contributed by atoms with Crippen molar-refractivity contribution in [3.63, 3.8) is 0 Å². The topological polar surface area (TPSA) is 30.0 Å². The van der Waals surface area contributed by atoms with Gasteiger partial charge in [-0.2, -0.15) is 0 Å². The number of carbonyl (C=O) groups is 1. The fourth-order valence-electron chi connectivity index (χ4n) is 1.25. The summed E-state index contributed by atoms with van der Waals surface area (Å²) < 4.78 is 0. The number of carbonyl (C=O) groups excluding carboxylic acids is 1. The van der Waals surface area contributed by atoms with Crippen molar-refractivity contribution in [3.05, 3.63) is 41.2 Å². The Morgan fingerprint density at radius 1 is 1.38 bits per heavy atom. The molecule has 2 aromatic rings. The lowest BCUT2D eigenvalue weighted by atomic mass is 10.1. The smallest absolute Gasteiger partial charge is 0.150 e. The number of aromatic nitrogens is 1. The van der Waals surface area contributed by atoms with E-state index in [9.17, 15) is 4.79 Å². The Balaban J connectivity index is 2.84. The fraction of sp³-hybridized carbons (Fsp3) is 0. The monoisotopic (exact) mass is 191 g/mol. The number of pyridine rings is 1. The first-order valence-corrected chi connectivity index (χ1v) is 4.17. The third-order valence-electron chi connectivity index (χ3n) is 1.86. The molecule has 0 fully saturated rings. The summed E-state index contributed by atoms with van der Waals surface area (Å²) in [7, 11) is 0. The molecule has 0 bridgehead atoms. The predicted octanol–water partition coefficient (Wildman–Crippen LogP) is 2.70. The fourth-order valence-corrected chi connectivity index (χ4v) is 1.55. The van der Waals surface area contributed by atoms with Crippen LogP contribution < -0.4 is 0 Å². The molecule has 0 saturated carbocycles. The van der Waals surface area contributed by atoms with Gasteiger partial charge in [-0.3, -0.25) is 9.78 Å². The molecular weight excluding hydrogens is 186 g/mol. The zero-order chi connectivity index (χ0) is 9.26. The van der Waals surface area contributed by atoms with Crippen molar-refractivity contribution >= 4 is 28.7 Å². The number of benzene rings is 1. The third kappa shape index (κ3) is 1.40. The second kappa shape index (κ2) is 3.15. The molecule has 1 heterocycles. The van der Waals surface area contributed by atoms with Gasteiger partial charge in [-0.05, 0) is 18.2 Å². The summed E-state index contributed by atoms with van der Waals surface area (Å²) in [5, 5.41) is 2.39. The molecule has 3 heteroatoms. The molecule has 0 unspecified atom stereocenters. The maximum Gasteiger partial charge on any atom is 0.150 e. The van der Waals surface area contributed by atoms with Crippen molar-refractivity contribution in [3.8, 4) is 0 Å². The van der Waals surface area contributed by atoms with Crippen molar-refractivity contribution in [2.24, 2.45) is 0 Å². The van der Waals surface area contributed by atoms with Crippen molar-refractivity contribution < 1.29 is 4.79 Å². The first-order chi connectivity index (χ1) is 6.31. The van der Waals surface area contributed by atoms with E-state index in [-0.39, 0.29) is 0 Å². The van der Waals surface area contributed by atoms with Crippen LogP contribution in [0.25, 0.3) is 10.8 Å². The number of hydrogen-bond acceptors (Lipinski definition) is 2. The van der Waals surface area contributed by atoms with Crippen LogP contribution in [0.2, 0.25) is 5.02 Å². The minimum Gasteiger partial charge on any atom is -0.298 e. The average molecular weight is 192 g/mol. The molecule has 2 nitrogen and oxygen atoms in total. The molecule has 1 aromatic carbocycles. The Bertz CT molecular complexity index is 467. The van der Waals surface area contributed by atoms with E-state index >= 15 is 0 Å². The van der Waals surface area contributed by atoms with E-state index in [0.717, 1.165) is 17.1 Å². The maximum atomic E-state index is 10.5. The van der Waals surface area contributed by atoms with Crippen LogP contribution in [0.5, 0.6) is 0 Å². The quantitative estimate of drug-likeness (QED) is 0.649. The summed E-state index contributed by atoms with van der Waals surface area (Å²) in [5.41, 5.74) is 0.575. The van der Waals surface area contributed by atoms with E-state index in [1.807, 2.05) is 6.07 Å². The van der Waals surface area contributed by atoms with Crippen molar-refractivity contribution in [1.82, 2.24) is 4.98 Å². The number of halogens is 1. The van der Waals surface area contributed by atoms with Crippen LogP contribution in [-0.4, -0.2) is 11.3 Å². The van der Waals surface area contributed by atoms with Gasteiger partial charge in [0.25, 0.3) is 0 Å². The van der Waals surface area contributed by atoms with Crippen molar-refractivity contribution in [2.45, 2.75) is 0 Å². The van der Waals surface area contributed by atoms with Gasteiger partial charge in [0.05, 0.1) is 0 Å². The molecular formula is C10H6ClNO. The van der Waals surface area contributed by atoms with Gasteiger partial charge in [0.1, 0.15) is 6.29 Å². The molecule has 2 rings (SSSR count). The lowest BCUT2D eigenvalue weighted by Crippen LogP contribution is -1.82. The highest BCUT2D eigenvalue weighted by Crippen LogP contribution is 2.23. The van der Waals surface area contributed by atoms with E-state index in [4.69, 9.17) is 11.6 Å².